The van der Waals surface area contributed by atoms with Gasteiger partial charge in [-0.15, -0.1) is 10.2 Å². The van der Waals surface area contributed by atoms with Crippen LogP contribution in [-0.4, -0.2) is 30.4 Å². The standard InChI is InChI=1S/C20H15N5O/c26-20-16-3-2-10-21-17(16)12-24(20)11-14-6-8-15(9-7-14)18-4-1-5-19-23-22-13-25(18)19/h1-10,13H,11-12H2/i12D2. The van der Waals surface area contributed by atoms with Crippen molar-refractivity contribution in [2.45, 2.75) is 13.0 Å². The topological polar surface area (TPSA) is 63.4 Å². The van der Waals surface area contributed by atoms with E-state index in [4.69, 9.17) is 2.74 Å². The Labute approximate surface area is 152 Å². The Morgan fingerprint density at radius 3 is 2.81 bits per heavy atom. The van der Waals surface area contributed by atoms with Crippen molar-refractivity contribution < 1.29 is 7.54 Å². The van der Waals surface area contributed by atoms with Crippen LogP contribution in [0.25, 0.3) is 16.9 Å². The summed E-state index contributed by atoms with van der Waals surface area (Å²) in [5.41, 5.74) is 4.04. The summed E-state index contributed by atoms with van der Waals surface area (Å²) in [6.45, 7) is -1.76. The van der Waals surface area contributed by atoms with E-state index in [1.165, 1.54) is 11.1 Å². The van der Waals surface area contributed by atoms with Crippen LogP contribution in [0.5, 0.6) is 0 Å². The van der Waals surface area contributed by atoms with E-state index in [0.717, 1.165) is 22.5 Å². The lowest BCUT2D eigenvalue weighted by atomic mass is 10.1. The molecule has 0 N–H and O–H groups in total. The van der Waals surface area contributed by atoms with Gasteiger partial charge in [-0.2, -0.15) is 0 Å². The molecule has 4 heterocycles. The van der Waals surface area contributed by atoms with Gasteiger partial charge in [0.15, 0.2) is 5.65 Å². The van der Waals surface area contributed by atoms with Crippen molar-refractivity contribution in [1.29, 1.82) is 0 Å². The fourth-order valence-electron chi connectivity index (χ4n) is 3.15. The SMILES string of the molecule is [2H]C1([2H])c2ncccc2C(=O)N1Cc1ccc(-c2cccc3nncn23)cc1. The second-order valence-corrected chi connectivity index (χ2v) is 6.07. The molecule has 0 radical (unpaired) electrons. The van der Waals surface area contributed by atoms with Gasteiger partial charge in [0.05, 0.1) is 26.2 Å². The van der Waals surface area contributed by atoms with Crippen LogP contribution in [0.2, 0.25) is 0 Å². The van der Waals surface area contributed by atoms with Crippen molar-refractivity contribution in [2.75, 3.05) is 0 Å². The summed E-state index contributed by atoms with van der Waals surface area (Å²) in [6, 6.07) is 16.8. The first-order chi connectivity index (χ1) is 13.6. The molecule has 0 spiro atoms. The Hall–Kier alpha value is -3.54. The van der Waals surface area contributed by atoms with Crippen molar-refractivity contribution in [3.63, 3.8) is 0 Å². The number of pyridine rings is 2. The van der Waals surface area contributed by atoms with Gasteiger partial charge >= 0.3 is 0 Å². The number of carbonyl (C=O) groups excluding carboxylic acids is 1. The van der Waals surface area contributed by atoms with E-state index in [1.54, 1.807) is 18.5 Å². The van der Waals surface area contributed by atoms with Crippen molar-refractivity contribution >= 4 is 11.6 Å². The normalized spacial score (nSPS) is 16.5. The molecule has 26 heavy (non-hydrogen) atoms. The highest BCUT2D eigenvalue weighted by atomic mass is 16.2. The minimum absolute atomic E-state index is 0.166. The van der Waals surface area contributed by atoms with Crippen LogP contribution in [-0.2, 0) is 13.0 Å². The number of carbonyl (C=O) groups is 1. The number of aromatic nitrogens is 4. The Morgan fingerprint density at radius 2 is 1.96 bits per heavy atom. The van der Waals surface area contributed by atoms with Gasteiger partial charge in [-0.3, -0.25) is 14.2 Å². The molecule has 0 unspecified atom stereocenters. The number of nitrogens with zero attached hydrogens (tertiary/aromatic N) is 5. The smallest absolute Gasteiger partial charge is 0.256 e. The van der Waals surface area contributed by atoms with Crippen molar-refractivity contribution in [3.05, 3.63) is 83.9 Å². The highest BCUT2D eigenvalue weighted by molar-refractivity contribution is 5.97. The predicted octanol–water partition coefficient (Wildman–Crippen LogP) is 2.95. The maximum atomic E-state index is 12.7. The lowest BCUT2D eigenvalue weighted by Crippen LogP contribution is -2.23. The first kappa shape index (κ1) is 12.8. The second-order valence-electron chi connectivity index (χ2n) is 6.07. The molecule has 0 atom stereocenters. The number of amides is 1. The van der Waals surface area contributed by atoms with Crippen LogP contribution in [0.15, 0.2) is 67.1 Å². The Balaban J connectivity index is 1.45. The number of benzene rings is 1. The average molecular weight is 343 g/mol. The van der Waals surface area contributed by atoms with Gasteiger partial charge in [-0.25, -0.2) is 0 Å². The van der Waals surface area contributed by atoms with Crippen LogP contribution < -0.4 is 0 Å². The summed E-state index contributed by atoms with van der Waals surface area (Å²) in [5, 5.41) is 7.99. The Morgan fingerprint density at radius 1 is 1.08 bits per heavy atom. The highest BCUT2D eigenvalue weighted by Gasteiger charge is 2.27. The lowest BCUT2D eigenvalue weighted by Gasteiger charge is -2.15. The molecule has 126 valence electrons. The van der Waals surface area contributed by atoms with Gasteiger partial charge in [0, 0.05) is 12.7 Å². The molecule has 1 aliphatic heterocycles. The summed E-state index contributed by atoms with van der Waals surface area (Å²) in [4.78, 5) is 18.0. The zero-order valence-corrected chi connectivity index (χ0v) is 13.7. The van der Waals surface area contributed by atoms with Crippen LogP contribution in [0, 0.1) is 0 Å². The number of hydrogen-bond acceptors (Lipinski definition) is 4. The molecule has 1 aliphatic rings. The summed E-state index contributed by atoms with van der Waals surface area (Å²) >= 11 is 0. The molecule has 1 aromatic carbocycles. The summed E-state index contributed by atoms with van der Waals surface area (Å²) < 4.78 is 18.6. The number of fused-ring (bicyclic) bond motifs is 2. The molecule has 0 bridgehead atoms. The second kappa shape index (κ2) is 5.77. The maximum Gasteiger partial charge on any atom is 0.256 e. The quantitative estimate of drug-likeness (QED) is 0.574. The molecular weight excluding hydrogens is 326 g/mol. The van der Waals surface area contributed by atoms with E-state index in [2.05, 4.69) is 15.2 Å². The van der Waals surface area contributed by atoms with Gasteiger partial charge in [0.2, 0.25) is 0 Å². The summed E-state index contributed by atoms with van der Waals surface area (Å²) in [7, 11) is 0. The average Bonchev–Trinajstić information content (AvgIpc) is 3.27. The molecule has 0 fully saturated rings. The van der Waals surface area contributed by atoms with Crippen LogP contribution >= 0.6 is 0 Å². The third kappa shape index (κ3) is 2.35. The van der Waals surface area contributed by atoms with E-state index in [0.29, 0.717) is 5.56 Å². The van der Waals surface area contributed by atoms with Crippen molar-refractivity contribution in [2.24, 2.45) is 0 Å². The van der Waals surface area contributed by atoms with Gasteiger partial charge in [0.25, 0.3) is 5.91 Å². The maximum absolute atomic E-state index is 12.7. The van der Waals surface area contributed by atoms with Crippen molar-refractivity contribution in [1.82, 2.24) is 24.5 Å². The molecule has 3 aromatic heterocycles. The van der Waals surface area contributed by atoms with Crippen LogP contribution in [0.1, 0.15) is 24.4 Å². The monoisotopic (exact) mass is 343 g/mol. The summed E-state index contributed by atoms with van der Waals surface area (Å²) in [5.74, 6) is -0.341. The Kier molecular flexibility index (Phi) is 2.83. The molecule has 6 heteroatoms. The van der Waals surface area contributed by atoms with Gasteiger partial charge in [-0.1, -0.05) is 30.3 Å². The minimum atomic E-state index is -1.93. The largest absolute Gasteiger partial charge is 0.328 e. The molecular formula is C20H15N5O. The molecule has 6 nitrogen and oxygen atoms in total. The molecule has 1 amide bonds. The number of hydrogen-bond donors (Lipinski definition) is 0. The third-order valence-electron chi connectivity index (χ3n) is 4.45. The highest BCUT2D eigenvalue weighted by Crippen LogP contribution is 2.24. The number of rotatable bonds is 3. The molecule has 0 saturated heterocycles. The van der Waals surface area contributed by atoms with E-state index in [1.807, 2.05) is 46.9 Å². The summed E-state index contributed by atoms with van der Waals surface area (Å²) in [6.07, 6.45) is 3.17. The van der Waals surface area contributed by atoms with E-state index >= 15 is 0 Å². The third-order valence-corrected chi connectivity index (χ3v) is 4.45. The fourth-order valence-corrected chi connectivity index (χ4v) is 3.15. The predicted molar refractivity (Wildman–Crippen MR) is 96.2 cm³/mol. The molecule has 0 aliphatic carbocycles. The molecule has 4 aromatic rings. The zero-order valence-electron chi connectivity index (χ0n) is 15.7. The first-order valence-corrected chi connectivity index (χ1v) is 8.21. The molecule has 5 rings (SSSR count). The van der Waals surface area contributed by atoms with E-state index in [9.17, 15) is 4.79 Å². The van der Waals surface area contributed by atoms with Gasteiger partial charge in [-0.05, 0) is 35.4 Å². The first-order valence-electron chi connectivity index (χ1n) is 9.21. The van der Waals surface area contributed by atoms with E-state index in [-0.39, 0.29) is 18.1 Å². The van der Waals surface area contributed by atoms with Crippen molar-refractivity contribution in [3.8, 4) is 11.3 Å². The zero-order chi connectivity index (χ0) is 19.3. The van der Waals surface area contributed by atoms with E-state index < -0.39 is 6.50 Å². The minimum Gasteiger partial charge on any atom is -0.328 e. The lowest BCUT2D eigenvalue weighted by molar-refractivity contribution is 0.0766. The van der Waals surface area contributed by atoms with Crippen LogP contribution in [0.4, 0.5) is 0 Å². The van der Waals surface area contributed by atoms with Gasteiger partial charge < -0.3 is 4.90 Å². The van der Waals surface area contributed by atoms with Gasteiger partial charge in [0.1, 0.15) is 6.33 Å². The van der Waals surface area contributed by atoms with Crippen LogP contribution in [0.3, 0.4) is 0 Å². The Bertz CT molecular complexity index is 1200. The molecule has 0 saturated carbocycles. The fraction of sp³-hybridized carbons (Fsp3) is 0.100.